The Morgan fingerprint density at radius 2 is 1.83 bits per heavy atom. The molecule has 0 N–H and O–H groups in total. The first kappa shape index (κ1) is 19.2. The Hall–Kier alpha value is -3.08. The number of nitrogens with zero attached hydrogens (tertiary/aromatic N) is 1. The number of carbonyl (C=O) groups excluding carboxylic acids is 2. The molecule has 2 fully saturated rings. The van der Waals surface area contributed by atoms with Gasteiger partial charge in [-0.1, -0.05) is 36.4 Å². The minimum Gasteiger partial charge on any atom is -0.497 e. The molecular weight excluding hydrogens is 366 g/mol. The van der Waals surface area contributed by atoms with Gasteiger partial charge in [-0.05, 0) is 61.1 Å². The Bertz CT molecular complexity index is 904. The van der Waals surface area contributed by atoms with E-state index < -0.39 is 12.1 Å². The van der Waals surface area contributed by atoms with Crippen molar-refractivity contribution in [2.45, 2.75) is 37.8 Å². The largest absolute Gasteiger partial charge is 0.497 e. The molecular formula is C24H25NO4. The van der Waals surface area contributed by atoms with Gasteiger partial charge >= 0.3 is 5.97 Å². The zero-order valence-corrected chi connectivity index (χ0v) is 16.5. The van der Waals surface area contributed by atoms with Crippen LogP contribution >= 0.6 is 0 Å². The molecule has 2 aliphatic heterocycles. The summed E-state index contributed by atoms with van der Waals surface area (Å²) in [7, 11) is 1.65. The molecule has 0 unspecified atom stereocenters. The number of fused-ring (bicyclic) bond motifs is 1. The Labute approximate surface area is 170 Å². The molecule has 0 spiro atoms. The number of ether oxygens (including phenoxy) is 2. The summed E-state index contributed by atoms with van der Waals surface area (Å²) < 4.78 is 10.8. The van der Waals surface area contributed by atoms with Crippen molar-refractivity contribution >= 4 is 18.0 Å². The molecule has 2 atom stereocenters. The van der Waals surface area contributed by atoms with E-state index in [0.29, 0.717) is 18.5 Å². The SMILES string of the molecule is COc1ccc(/C=C2\CCCN3C(=O)[C@H](OC(=O)c4ccccc4)CC[C@@H]23)cc1. The third kappa shape index (κ3) is 4.19. The van der Waals surface area contributed by atoms with Crippen molar-refractivity contribution in [3.05, 3.63) is 71.3 Å². The van der Waals surface area contributed by atoms with Crippen molar-refractivity contribution < 1.29 is 19.1 Å². The van der Waals surface area contributed by atoms with Gasteiger partial charge in [-0.2, -0.15) is 0 Å². The third-order valence-corrected chi connectivity index (χ3v) is 5.66. The van der Waals surface area contributed by atoms with Crippen LogP contribution in [-0.4, -0.2) is 42.6 Å². The van der Waals surface area contributed by atoms with Crippen LogP contribution in [0.25, 0.3) is 6.08 Å². The lowest BCUT2D eigenvalue weighted by Gasteiger charge is -2.43. The molecule has 2 aromatic carbocycles. The molecule has 0 radical (unpaired) electrons. The van der Waals surface area contributed by atoms with E-state index in [4.69, 9.17) is 9.47 Å². The Morgan fingerprint density at radius 3 is 2.55 bits per heavy atom. The first-order valence-electron chi connectivity index (χ1n) is 10.1. The minimum absolute atomic E-state index is 0.0779. The molecule has 0 aliphatic carbocycles. The van der Waals surface area contributed by atoms with Crippen LogP contribution in [0, 0.1) is 0 Å². The number of methoxy groups -OCH3 is 1. The molecule has 2 aromatic rings. The second-order valence-corrected chi connectivity index (χ2v) is 7.48. The number of amides is 1. The van der Waals surface area contributed by atoms with E-state index in [-0.39, 0.29) is 11.9 Å². The maximum atomic E-state index is 13.0. The van der Waals surface area contributed by atoms with Crippen LogP contribution in [0.1, 0.15) is 41.6 Å². The van der Waals surface area contributed by atoms with E-state index in [1.807, 2.05) is 35.2 Å². The highest BCUT2D eigenvalue weighted by molar-refractivity contribution is 5.92. The van der Waals surface area contributed by atoms with Gasteiger partial charge in [-0.15, -0.1) is 0 Å². The van der Waals surface area contributed by atoms with Crippen molar-refractivity contribution in [3.8, 4) is 5.75 Å². The molecule has 2 aliphatic rings. The van der Waals surface area contributed by atoms with Gasteiger partial charge in [0.2, 0.25) is 0 Å². The topological polar surface area (TPSA) is 55.8 Å². The number of carbonyl (C=O) groups is 2. The molecule has 0 bridgehead atoms. The monoisotopic (exact) mass is 391 g/mol. The molecule has 4 rings (SSSR count). The first-order valence-corrected chi connectivity index (χ1v) is 10.1. The van der Waals surface area contributed by atoms with Gasteiger partial charge in [0.05, 0.1) is 18.7 Å². The van der Waals surface area contributed by atoms with Crippen molar-refractivity contribution in [2.24, 2.45) is 0 Å². The maximum absolute atomic E-state index is 13.0. The number of piperidine rings is 2. The van der Waals surface area contributed by atoms with Gasteiger partial charge in [-0.25, -0.2) is 4.79 Å². The summed E-state index contributed by atoms with van der Waals surface area (Å²) in [5.41, 5.74) is 2.84. The number of esters is 1. The van der Waals surface area contributed by atoms with E-state index in [0.717, 1.165) is 30.6 Å². The van der Waals surface area contributed by atoms with Crippen molar-refractivity contribution in [1.82, 2.24) is 4.90 Å². The molecule has 0 aromatic heterocycles. The summed E-state index contributed by atoms with van der Waals surface area (Å²) >= 11 is 0. The Balaban J connectivity index is 1.47. The standard InChI is InChI=1S/C24H25NO4/c1-28-20-11-9-17(10-12-20)16-19-8-5-15-25-21(19)13-14-22(23(25)26)29-24(27)18-6-3-2-4-7-18/h2-4,6-7,9-12,16,21-22H,5,8,13-15H2,1H3/b19-16+/t21-,22+/m0/s1. The van der Waals surface area contributed by atoms with Crippen molar-refractivity contribution in [2.75, 3.05) is 13.7 Å². The average Bonchev–Trinajstić information content (AvgIpc) is 2.77. The van der Waals surface area contributed by atoms with Crippen LogP contribution in [0.2, 0.25) is 0 Å². The van der Waals surface area contributed by atoms with Crippen LogP contribution < -0.4 is 4.74 Å². The summed E-state index contributed by atoms with van der Waals surface area (Å²) in [5, 5.41) is 0. The molecule has 5 nitrogen and oxygen atoms in total. The quantitative estimate of drug-likeness (QED) is 0.737. The predicted molar refractivity (Wildman–Crippen MR) is 111 cm³/mol. The third-order valence-electron chi connectivity index (χ3n) is 5.66. The molecule has 29 heavy (non-hydrogen) atoms. The van der Waals surface area contributed by atoms with E-state index in [2.05, 4.69) is 6.08 Å². The highest BCUT2D eigenvalue weighted by Gasteiger charge is 2.40. The molecule has 150 valence electrons. The fraction of sp³-hybridized carbons (Fsp3) is 0.333. The summed E-state index contributed by atoms with van der Waals surface area (Å²) in [6.45, 7) is 0.711. The van der Waals surface area contributed by atoms with Gasteiger partial charge in [0.1, 0.15) is 5.75 Å². The first-order chi connectivity index (χ1) is 14.2. The summed E-state index contributed by atoms with van der Waals surface area (Å²) in [5.74, 6) is 0.313. The Morgan fingerprint density at radius 1 is 1.07 bits per heavy atom. The fourth-order valence-electron chi connectivity index (χ4n) is 4.16. The summed E-state index contributed by atoms with van der Waals surface area (Å²) in [4.78, 5) is 27.3. The molecule has 0 saturated carbocycles. The highest BCUT2D eigenvalue weighted by atomic mass is 16.5. The van der Waals surface area contributed by atoms with E-state index in [1.165, 1.54) is 5.57 Å². The normalized spacial score (nSPS) is 22.9. The average molecular weight is 391 g/mol. The lowest BCUT2D eigenvalue weighted by Crippen LogP contribution is -2.54. The van der Waals surface area contributed by atoms with E-state index in [1.54, 1.807) is 31.4 Å². The van der Waals surface area contributed by atoms with Crippen molar-refractivity contribution in [3.63, 3.8) is 0 Å². The predicted octanol–water partition coefficient (Wildman–Crippen LogP) is 4.09. The van der Waals surface area contributed by atoms with Crippen LogP contribution in [0.4, 0.5) is 0 Å². The van der Waals surface area contributed by atoms with Crippen LogP contribution in [-0.2, 0) is 9.53 Å². The Kier molecular flexibility index (Phi) is 5.65. The van der Waals surface area contributed by atoms with Crippen molar-refractivity contribution in [1.29, 1.82) is 0 Å². The second kappa shape index (κ2) is 8.52. The van der Waals surface area contributed by atoms with Gasteiger partial charge in [0.25, 0.3) is 5.91 Å². The molecule has 5 heteroatoms. The molecule has 2 heterocycles. The van der Waals surface area contributed by atoms with Crippen LogP contribution in [0.3, 0.4) is 0 Å². The minimum atomic E-state index is -0.695. The summed E-state index contributed by atoms with van der Waals surface area (Å²) in [6.07, 6.45) is 4.75. The van der Waals surface area contributed by atoms with Gasteiger partial charge < -0.3 is 14.4 Å². The highest BCUT2D eigenvalue weighted by Crippen LogP contribution is 2.33. The van der Waals surface area contributed by atoms with Gasteiger partial charge in [-0.3, -0.25) is 4.79 Å². The van der Waals surface area contributed by atoms with Crippen LogP contribution in [0.5, 0.6) is 5.75 Å². The molecule has 1 amide bonds. The van der Waals surface area contributed by atoms with Crippen LogP contribution in [0.15, 0.2) is 60.2 Å². The zero-order chi connectivity index (χ0) is 20.2. The lowest BCUT2D eigenvalue weighted by atomic mass is 9.86. The van der Waals surface area contributed by atoms with E-state index in [9.17, 15) is 9.59 Å². The fourth-order valence-corrected chi connectivity index (χ4v) is 4.16. The number of hydrogen-bond donors (Lipinski definition) is 0. The van der Waals surface area contributed by atoms with E-state index >= 15 is 0 Å². The van der Waals surface area contributed by atoms with Gasteiger partial charge in [0, 0.05) is 6.54 Å². The number of benzene rings is 2. The number of rotatable bonds is 4. The maximum Gasteiger partial charge on any atom is 0.338 e. The second-order valence-electron chi connectivity index (χ2n) is 7.48. The smallest absolute Gasteiger partial charge is 0.338 e. The van der Waals surface area contributed by atoms with Gasteiger partial charge in [0.15, 0.2) is 6.10 Å². The zero-order valence-electron chi connectivity index (χ0n) is 16.5. The summed E-state index contributed by atoms with van der Waals surface area (Å²) in [6, 6.07) is 16.9. The number of hydrogen-bond acceptors (Lipinski definition) is 4. The molecule has 2 saturated heterocycles. The lowest BCUT2D eigenvalue weighted by molar-refractivity contribution is -0.147.